The van der Waals surface area contributed by atoms with Crippen LogP contribution in [0.15, 0.2) is 35.8 Å². The van der Waals surface area contributed by atoms with Gasteiger partial charge in [0, 0.05) is 23.3 Å². The predicted molar refractivity (Wildman–Crippen MR) is 86.3 cm³/mol. The Morgan fingerprint density at radius 2 is 2.10 bits per heavy atom. The van der Waals surface area contributed by atoms with Crippen LogP contribution in [0.3, 0.4) is 0 Å². The minimum absolute atomic E-state index is 0.0118. The van der Waals surface area contributed by atoms with Crippen molar-refractivity contribution in [2.45, 2.75) is 32.4 Å². The first-order chi connectivity index (χ1) is 10.1. The van der Waals surface area contributed by atoms with Gasteiger partial charge < -0.3 is 16.4 Å². The van der Waals surface area contributed by atoms with Gasteiger partial charge in [0.15, 0.2) is 0 Å². The lowest BCUT2D eigenvalue weighted by Gasteiger charge is -2.15. The Hall–Kier alpha value is -1.92. The maximum atomic E-state index is 12.0. The van der Waals surface area contributed by atoms with Gasteiger partial charge in [-0.15, -0.1) is 11.3 Å². The van der Waals surface area contributed by atoms with Crippen LogP contribution in [0.25, 0.3) is 0 Å². The number of anilines is 1. The molecule has 0 aliphatic rings. The maximum Gasteiger partial charge on any atom is 0.319 e. The molecule has 2 atom stereocenters. The number of nitrogens with two attached hydrogens (primary N) is 1. The lowest BCUT2D eigenvalue weighted by atomic mass is 10.1. The zero-order valence-electron chi connectivity index (χ0n) is 12.2. The molecule has 0 radical (unpaired) electrons. The van der Waals surface area contributed by atoms with Gasteiger partial charge in [0.2, 0.25) is 0 Å². The van der Waals surface area contributed by atoms with Crippen molar-refractivity contribution in [2.24, 2.45) is 5.73 Å². The van der Waals surface area contributed by atoms with Gasteiger partial charge in [-0.2, -0.15) is 0 Å². The summed E-state index contributed by atoms with van der Waals surface area (Å²) < 4.78 is 0. The lowest BCUT2D eigenvalue weighted by molar-refractivity contribution is 0.248. The van der Waals surface area contributed by atoms with Crippen LogP contribution in [-0.4, -0.2) is 11.0 Å². The summed E-state index contributed by atoms with van der Waals surface area (Å²) in [7, 11) is 0. The number of nitrogens with one attached hydrogen (secondary N) is 2. The monoisotopic (exact) mass is 304 g/mol. The summed E-state index contributed by atoms with van der Waals surface area (Å²) in [6.07, 6.45) is 2.54. The average Bonchev–Trinajstić information content (AvgIpc) is 2.99. The summed E-state index contributed by atoms with van der Waals surface area (Å²) in [4.78, 5) is 16.3. The normalized spacial score (nSPS) is 13.5. The molecule has 0 bridgehead atoms. The van der Waals surface area contributed by atoms with Crippen molar-refractivity contribution in [2.75, 3.05) is 5.32 Å². The summed E-state index contributed by atoms with van der Waals surface area (Å²) in [6.45, 7) is 3.94. The largest absolute Gasteiger partial charge is 0.329 e. The molecular formula is C15H20N4OS. The Morgan fingerprint density at radius 3 is 2.62 bits per heavy atom. The Labute approximate surface area is 128 Å². The first-order valence-corrected chi connectivity index (χ1v) is 7.80. The third-order valence-corrected chi connectivity index (χ3v) is 4.05. The molecule has 112 valence electrons. The molecule has 2 rings (SSSR count). The van der Waals surface area contributed by atoms with Crippen molar-refractivity contribution in [3.63, 3.8) is 0 Å². The molecule has 0 aliphatic heterocycles. The molecule has 0 saturated carbocycles. The predicted octanol–water partition coefficient (Wildman–Crippen LogP) is 3.44. The van der Waals surface area contributed by atoms with E-state index in [-0.39, 0.29) is 18.1 Å². The van der Waals surface area contributed by atoms with Gasteiger partial charge >= 0.3 is 6.03 Å². The third kappa shape index (κ3) is 4.27. The van der Waals surface area contributed by atoms with Crippen molar-refractivity contribution in [1.29, 1.82) is 0 Å². The number of rotatable bonds is 5. The molecule has 0 spiro atoms. The van der Waals surface area contributed by atoms with Crippen molar-refractivity contribution in [3.05, 3.63) is 46.4 Å². The van der Waals surface area contributed by atoms with E-state index in [1.165, 1.54) is 0 Å². The smallest absolute Gasteiger partial charge is 0.319 e. The topological polar surface area (TPSA) is 80.0 Å². The standard InChI is InChI=1S/C15H20N4OS/c1-3-13(14-17-8-9-21-14)19-15(20)18-12-6-4-11(5-7-12)10(2)16/h4-10,13H,3,16H2,1-2H3,(H2,18,19,20). The Balaban J connectivity index is 1.94. The highest BCUT2D eigenvalue weighted by Crippen LogP contribution is 2.19. The number of nitrogens with zero attached hydrogens (tertiary/aromatic N) is 1. The zero-order valence-corrected chi connectivity index (χ0v) is 13.0. The van der Waals surface area contributed by atoms with Crippen molar-refractivity contribution < 1.29 is 4.79 Å². The number of urea groups is 1. The molecule has 4 N–H and O–H groups in total. The van der Waals surface area contributed by atoms with E-state index in [1.54, 1.807) is 17.5 Å². The molecule has 1 aromatic carbocycles. The number of amides is 2. The van der Waals surface area contributed by atoms with Crippen molar-refractivity contribution >= 4 is 23.1 Å². The number of hydrogen-bond acceptors (Lipinski definition) is 4. The van der Waals surface area contributed by atoms with Crippen LogP contribution >= 0.6 is 11.3 Å². The quantitative estimate of drug-likeness (QED) is 0.791. The summed E-state index contributed by atoms with van der Waals surface area (Å²) in [5.41, 5.74) is 7.58. The molecule has 0 aliphatic carbocycles. The van der Waals surface area contributed by atoms with E-state index in [4.69, 9.17) is 5.73 Å². The highest BCUT2D eigenvalue weighted by atomic mass is 32.1. The molecule has 0 saturated heterocycles. The first-order valence-electron chi connectivity index (χ1n) is 6.92. The van der Waals surface area contributed by atoms with Crippen LogP contribution in [0.1, 0.15) is 42.9 Å². The van der Waals surface area contributed by atoms with E-state index in [2.05, 4.69) is 15.6 Å². The second-order valence-corrected chi connectivity index (χ2v) is 5.77. The minimum atomic E-state index is -0.231. The summed E-state index contributed by atoms with van der Waals surface area (Å²) >= 11 is 1.54. The zero-order chi connectivity index (χ0) is 15.2. The van der Waals surface area contributed by atoms with Crippen LogP contribution in [-0.2, 0) is 0 Å². The maximum absolute atomic E-state index is 12.0. The van der Waals surface area contributed by atoms with Gasteiger partial charge in [0.05, 0.1) is 6.04 Å². The van der Waals surface area contributed by atoms with Gasteiger partial charge in [0.25, 0.3) is 0 Å². The number of carbonyl (C=O) groups excluding carboxylic acids is 1. The Bertz CT molecular complexity index is 566. The summed E-state index contributed by atoms with van der Waals surface area (Å²) in [6, 6.07) is 7.23. The lowest BCUT2D eigenvalue weighted by Crippen LogP contribution is -2.32. The first kappa shape index (κ1) is 15.5. The van der Waals surface area contributed by atoms with Gasteiger partial charge in [-0.1, -0.05) is 19.1 Å². The molecule has 2 amide bonds. The molecular weight excluding hydrogens is 284 g/mol. The van der Waals surface area contributed by atoms with Crippen LogP contribution < -0.4 is 16.4 Å². The van der Waals surface area contributed by atoms with E-state index in [0.717, 1.165) is 22.7 Å². The van der Waals surface area contributed by atoms with E-state index >= 15 is 0 Å². The van der Waals surface area contributed by atoms with Gasteiger partial charge in [-0.05, 0) is 31.0 Å². The number of carbonyl (C=O) groups is 1. The number of benzene rings is 1. The van der Waals surface area contributed by atoms with Crippen molar-refractivity contribution in [1.82, 2.24) is 10.3 Å². The molecule has 2 aromatic rings. The fraction of sp³-hybridized carbons (Fsp3) is 0.333. The molecule has 21 heavy (non-hydrogen) atoms. The average molecular weight is 304 g/mol. The van der Waals surface area contributed by atoms with E-state index < -0.39 is 0 Å². The van der Waals surface area contributed by atoms with Gasteiger partial charge in [-0.25, -0.2) is 9.78 Å². The molecule has 1 aromatic heterocycles. The molecule has 5 nitrogen and oxygen atoms in total. The SMILES string of the molecule is CCC(NC(=O)Nc1ccc(C(C)N)cc1)c1nccs1. The van der Waals surface area contributed by atoms with Crippen LogP contribution in [0.4, 0.5) is 10.5 Å². The van der Waals surface area contributed by atoms with E-state index in [9.17, 15) is 4.79 Å². The molecule has 0 fully saturated rings. The van der Waals surface area contributed by atoms with Crippen LogP contribution in [0, 0.1) is 0 Å². The van der Waals surface area contributed by atoms with Gasteiger partial charge in [0.1, 0.15) is 5.01 Å². The number of aromatic nitrogens is 1. The van der Waals surface area contributed by atoms with E-state index in [0.29, 0.717) is 0 Å². The second-order valence-electron chi connectivity index (χ2n) is 4.84. The fourth-order valence-electron chi connectivity index (χ4n) is 1.94. The van der Waals surface area contributed by atoms with Crippen LogP contribution in [0.5, 0.6) is 0 Å². The number of thiazole rings is 1. The molecule has 2 unspecified atom stereocenters. The number of hydrogen-bond donors (Lipinski definition) is 3. The third-order valence-electron chi connectivity index (χ3n) is 3.16. The molecule has 1 heterocycles. The van der Waals surface area contributed by atoms with Crippen LogP contribution in [0.2, 0.25) is 0 Å². The highest BCUT2D eigenvalue weighted by Gasteiger charge is 2.14. The fourth-order valence-corrected chi connectivity index (χ4v) is 2.71. The molecule has 6 heteroatoms. The van der Waals surface area contributed by atoms with Gasteiger partial charge in [-0.3, -0.25) is 0 Å². The van der Waals surface area contributed by atoms with Crippen molar-refractivity contribution in [3.8, 4) is 0 Å². The van der Waals surface area contributed by atoms with E-state index in [1.807, 2.05) is 43.5 Å². The summed E-state index contributed by atoms with van der Waals surface area (Å²) in [5.74, 6) is 0. The minimum Gasteiger partial charge on any atom is -0.329 e. The second kappa shape index (κ2) is 7.19. The summed E-state index contributed by atoms with van der Waals surface area (Å²) in [5, 5.41) is 8.57. The Kier molecular flexibility index (Phi) is 5.30. The Morgan fingerprint density at radius 1 is 1.38 bits per heavy atom. The highest BCUT2D eigenvalue weighted by molar-refractivity contribution is 7.09.